The van der Waals surface area contributed by atoms with Crippen molar-refractivity contribution < 1.29 is 9.34 Å². The summed E-state index contributed by atoms with van der Waals surface area (Å²) in [6.07, 6.45) is 0.520. The van der Waals surface area contributed by atoms with Gasteiger partial charge in [0.15, 0.2) is 11.5 Å². The van der Waals surface area contributed by atoms with E-state index in [4.69, 9.17) is 4.42 Å². The minimum atomic E-state index is -0.411. The Morgan fingerprint density at radius 2 is 1.95 bits per heavy atom. The van der Waals surface area contributed by atoms with Gasteiger partial charge in [0.05, 0.1) is 4.92 Å². The number of fused-ring (bicyclic) bond motifs is 1. The van der Waals surface area contributed by atoms with Gasteiger partial charge in [-0.05, 0) is 30.2 Å². The van der Waals surface area contributed by atoms with E-state index in [9.17, 15) is 10.1 Å². The highest BCUT2D eigenvalue weighted by Gasteiger charge is 2.08. The fourth-order valence-corrected chi connectivity index (χ4v) is 2.07. The minimum Gasteiger partial charge on any atom is -0.440 e. The minimum absolute atomic E-state index is 0.0851. The first-order chi connectivity index (χ1) is 9.61. The lowest BCUT2D eigenvalue weighted by Gasteiger charge is -1.96. The van der Waals surface area contributed by atoms with Crippen LogP contribution in [0.5, 0.6) is 0 Å². The van der Waals surface area contributed by atoms with Gasteiger partial charge in [0, 0.05) is 18.6 Å². The molecule has 0 unspecified atom stereocenters. The number of hydrogen-bond acceptors (Lipinski definition) is 4. The molecule has 0 aliphatic heterocycles. The van der Waals surface area contributed by atoms with Crippen molar-refractivity contribution in [3.05, 3.63) is 69.6 Å². The summed E-state index contributed by atoms with van der Waals surface area (Å²) in [6.45, 7) is 2.00. The molecule has 100 valence electrons. The summed E-state index contributed by atoms with van der Waals surface area (Å²) in [5.74, 6) is 0.611. The Morgan fingerprint density at radius 1 is 1.20 bits per heavy atom. The van der Waals surface area contributed by atoms with Crippen LogP contribution >= 0.6 is 0 Å². The average molecular weight is 268 g/mol. The maximum atomic E-state index is 10.6. The van der Waals surface area contributed by atoms with Crippen molar-refractivity contribution >= 4 is 16.8 Å². The Morgan fingerprint density at radius 3 is 2.65 bits per heavy atom. The Hall–Kier alpha value is -2.69. The van der Waals surface area contributed by atoms with Crippen LogP contribution in [0.3, 0.4) is 0 Å². The number of rotatable bonds is 3. The van der Waals surface area contributed by atoms with Crippen molar-refractivity contribution in [3.8, 4) is 0 Å². The largest absolute Gasteiger partial charge is 0.440 e. The second-order valence-electron chi connectivity index (χ2n) is 4.68. The molecule has 0 spiro atoms. The lowest BCUT2D eigenvalue weighted by Crippen LogP contribution is -1.90. The number of nitrogens with zero attached hydrogens (tertiary/aromatic N) is 2. The van der Waals surface area contributed by atoms with Crippen LogP contribution < -0.4 is 0 Å². The van der Waals surface area contributed by atoms with E-state index in [0.29, 0.717) is 12.3 Å². The van der Waals surface area contributed by atoms with Crippen LogP contribution in [0.2, 0.25) is 0 Å². The van der Waals surface area contributed by atoms with E-state index in [1.54, 1.807) is 12.1 Å². The summed E-state index contributed by atoms with van der Waals surface area (Å²) in [6, 6.07) is 12.3. The van der Waals surface area contributed by atoms with E-state index < -0.39 is 4.92 Å². The average Bonchev–Trinajstić information content (AvgIpc) is 2.80. The number of nitro groups is 1. The summed E-state index contributed by atoms with van der Waals surface area (Å²) < 4.78 is 5.69. The van der Waals surface area contributed by atoms with Crippen LogP contribution in [-0.2, 0) is 6.42 Å². The second-order valence-corrected chi connectivity index (χ2v) is 4.68. The number of non-ortho nitro benzene ring substituents is 1. The fourth-order valence-electron chi connectivity index (χ4n) is 2.07. The molecule has 0 saturated heterocycles. The van der Waals surface area contributed by atoms with Crippen LogP contribution in [0, 0.1) is 17.0 Å². The predicted octanol–water partition coefficient (Wildman–Crippen LogP) is 3.64. The van der Waals surface area contributed by atoms with Crippen LogP contribution in [-0.4, -0.2) is 9.91 Å². The van der Waals surface area contributed by atoms with E-state index in [2.05, 4.69) is 4.98 Å². The molecule has 0 N–H and O–H groups in total. The molecular formula is C15H12N2O3. The van der Waals surface area contributed by atoms with Crippen molar-refractivity contribution in [1.29, 1.82) is 0 Å². The first-order valence-corrected chi connectivity index (χ1v) is 6.21. The molecule has 0 fully saturated rings. The molecule has 1 aromatic heterocycles. The van der Waals surface area contributed by atoms with Crippen LogP contribution in [0.4, 0.5) is 5.69 Å². The number of nitro benzene ring substituents is 1. The van der Waals surface area contributed by atoms with Crippen molar-refractivity contribution in [2.45, 2.75) is 13.3 Å². The summed E-state index contributed by atoms with van der Waals surface area (Å²) in [7, 11) is 0. The second kappa shape index (κ2) is 4.77. The van der Waals surface area contributed by atoms with E-state index in [1.807, 2.05) is 25.1 Å². The van der Waals surface area contributed by atoms with Gasteiger partial charge in [0.1, 0.15) is 5.52 Å². The molecule has 0 amide bonds. The van der Waals surface area contributed by atoms with Gasteiger partial charge >= 0.3 is 0 Å². The number of oxazole rings is 1. The van der Waals surface area contributed by atoms with Crippen molar-refractivity contribution in [1.82, 2.24) is 4.98 Å². The van der Waals surface area contributed by atoms with Gasteiger partial charge in [-0.3, -0.25) is 10.1 Å². The molecule has 3 rings (SSSR count). The number of aryl methyl sites for hydroxylation is 1. The van der Waals surface area contributed by atoms with Gasteiger partial charge in [0.2, 0.25) is 0 Å². The molecular weight excluding hydrogens is 256 g/mol. The predicted molar refractivity (Wildman–Crippen MR) is 74.6 cm³/mol. The molecule has 20 heavy (non-hydrogen) atoms. The monoisotopic (exact) mass is 268 g/mol. The first-order valence-electron chi connectivity index (χ1n) is 6.21. The summed E-state index contributed by atoms with van der Waals surface area (Å²) in [4.78, 5) is 14.6. The molecule has 5 nitrogen and oxygen atoms in total. The standard InChI is InChI=1S/C15H12N2O3/c1-10-2-7-13-14(8-10)20-15(16-13)9-11-3-5-12(6-4-11)17(18)19/h2-8H,9H2,1H3. The van der Waals surface area contributed by atoms with E-state index in [0.717, 1.165) is 22.2 Å². The van der Waals surface area contributed by atoms with Crippen molar-refractivity contribution in [2.75, 3.05) is 0 Å². The van der Waals surface area contributed by atoms with E-state index in [1.165, 1.54) is 12.1 Å². The zero-order valence-electron chi connectivity index (χ0n) is 10.9. The van der Waals surface area contributed by atoms with Crippen molar-refractivity contribution in [2.24, 2.45) is 0 Å². The van der Waals surface area contributed by atoms with E-state index >= 15 is 0 Å². The zero-order chi connectivity index (χ0) is 14.1. The molecule has 2 aromatic carbocycles. The number of hydrogen-bond donors (Lipinski definition) is 0. The van der Waals surface area contributed by atoms with Gasteiger partial charge in [-0.25, -0.2) is 4.98 Å². The summed E-state index contributed by atoms with van der Waals surface area (Å²) >= 11 is 0. The lowest BCUT2D eigenvalue weighted by atomic mass is 10.1. The van der Waals surface area contributed by atoms with Gasteiger partial charge < -0.3 is 4.42 Å². The lowest BCUT2D eigenvalue weighted by molar-refractivity contribution is -0.384. The van der Waals surface area contributed by atoms with Gasteiger partial charge in [-0.1, -0.05) is 18.2 Å². The normalized spacial score (nSPS) is 10.8. The number of aromatic nitrogens is 1. The highest BCUT2D eigenvalue weighted by atomic mass is 16.6. The highest BCUT2D eigenvalue weighted by molar-refractivity contribution is 5.73. The Kier molecular flexibility index (Phi) is 2.95. The molecule has 0 aliphatic rings. The molecule has 0 radical (unpaired) electrons. The molecule has 0 bridgehead atoms. The van der Waals surface area contributed by atoms with Crippen LogP contribution in [0.1, 0.15) is 17.0 Å². The third-order valence-corrected chi connectivity index (χ3v) is 3.09. The molecule has 0 aliphatic carbocycles. The quantitative estimate of drug-likeness (QED) is 0.537. The first kappa shape index (κ1) is 12.3. The Balaban J connectivity index is 1.87. The fraction of sp³-hybridized carbons (Fsp3) is 0.133. The van der Waals surface area contributed by atoms with Crippen LogP contribution in [0.15, 0.2) is 46.9 Å². The Labute approximate surface area is 115 Å². The maximum Gasteiger partial charge on any atom is 0.269 e. The maximum absolute atomic E-state index is 10.6. The smallest absolute Gasteiger partial charge is 0.269 e. The number of benzene rings is 2. The zero-order valence-corrected chi connectivity index (χ0v) is 10.9. The van der Waals surface area contributed by atoms with Crippen molar-refractivity contribution in [3.63, 3.8) is 0 Å². The van der Waals surface area contributed by atoms with Gasteiger partial charge in [-0.15, -0.1) is 0 Å². The topological polar surface area (TPSA) is 69.2 Å². The third kappa shape index (κ3) is 2.38. The molecule has 5 heteroatoms. The molecule has 1 heterocycles. The summed E-state index contributed by atoms with van der Waals surface area (Å²) in [5.41, 5.74) is 3.73. The highest BCUT2D eigenvalue weighted by Crippen LogP contribution is 2.20. The van der Waals surface area contributed by atoms with Gasteiger partial charge in [0.25, 0.3) is 5.69 Å². The molecule has 0 atom stereocenters. The Bertz CT molecular complexity index is 775. The van der Waals surface area contributed by atoms with Crippen LogP contribution in [0.25, 0.3) is 11.1 Å². The summed E-state index contributed by atoms with van der Waals surface area (Å²) in [5, 5.41) is 10.6. The SMILES string of the molecule is Cc1ccc2nc(Cc3ccc([N+](=O)[O-])cc3)oc2c1. The van der Waals surface area contributed by atoms with Gasteiger partial charge in [-0.2, -0.15) is 0 Å². The third-order valence-electron chi connectivity index (χ3n) is 3.09. The molecule has 3 aromatic rings. The van der Waals surface area contributed by atoms with E-state index in [-0.39, 0.29) is 5.69 Å². The molecule has 0 saturated carbocycles.